The molecule has 0 fully saturated rings. The van der Waals surface area contributed by atoms with Crippen molar-refractivity contribution in [2.45, 2.75) is 26.3 Å². The van der Waals surface area contributed by atoms with Crippen LogP contribution in [0, 0.1) is 6.92 Å². The maximum absolute atomic E-state index is 12.2. The number of rotatable bonds is 7. The zero-order chi connectivity index (χ0) is 19.8. The number of anilines is 1. The maximum Gasteiger partial charge on any atom is 0.243 e. The predicted molar refractivity (Wildman–Crippen MR) is 108 cm³/mol. The molecule has 3 N–H and O–H groups in total. The molecular formula is C20H22BrN3O3. The number of carbonyl (C=O) groups excluding carboxylic acids is 3. The fourth-order valence-corrected chi connectivity index (χ4v) is 3.06. The number of nitrogens with one attached hydrogen (secondary N) is 3. The lowest BCUT2D eigenvalue weighted by Gasteiger charge is -2.18. The average Bonchev–Trinajstić information content (AvgIpc) is 2.62. The summed E-state index contributed by atoms with van der Waals surface area (Å²) in [4.78, 5) is 35.7. The van der Waals surface area contributed by atoms with Crippen molar-refractivity contribution in [1.82, 2.24) is 10.6 Å². The van der Waals surface area contributed by atoms with E-state index in [-0.39, 0.29) is 30.7 Å². The molecule has 3 amide bonds. The van der Waals surface area contributed by atoms with Gasteiger partial charge in [0.05, 0.1) is 19.0 Å². The van der Waals surface area contributed by atoms with Gasteiger partial charge in [-0.15, -0.1) is 0 Å². The van der Waals surface area contributed by atoms with Gasteiger partial charge in [-0.05, 0) is 36.2 Å². The zero-order valence-corrected chi connectivity index (χ0v) is 16.8. The van der Waals surface area contributed by atoms with Crippen LogP contribution in [0.2, 0.25) is 0 Å². The molecular weight excluding hydrogens is 410 g/mol. The SMILES string of the molecule is CC(=O)NC(CC(=O)NCC(=O)Nc1ccc(Br)cc1C)c1ccccc1. The zero-order valence-electron chi connectivity index (χ0n) is 15.2. The Kier molecular flexibility index (Phi) is 7.55. The Hall–Kier alpha value is -2.67. The molecule has 0 saturated carbocycles. The first-order valence-electron chi connectivity index (χ1n) is 8.50. The summed E-state index contributed by atoms with van der Waals surface area (Å²) in [5.41, 5.74) is 2.44. The lowest BCUT2D eigenvalue weighted by molar-refractivity contribution is -0.125. The van der Waals surface area contributed by atoms with Gasteiger partial charge in [0.1, 0.15) is 0 Å². The second kappa shape index (κ2) is 9.87. The van der Waals surface area contributed by atoms with Crippen molar-refractivity contribution in [3.63, 3.8) is 0 Å². The van der Waals surface area contributed by atoms with Crippen molar-refractivity contribution in [3.05, 3.63) is 64.1 Å². The quantitative estimate of drug-likeness (QED) is 0.629. The van der Waals surface area contributed by atoms with E-state index in [1.807, 2.05) is 49.4 Å². The van der Waals surface area contributed by atoms with Gasteiger partial charge in [-0.25, -0.2) is 0 Å². The van der Waals surface area contributed by atoms with Gasteiger partial charge in [0.15, 0.2) is 0 Å². The van der Waals surface area contributed by atoms with Crippen molar-refractivity contribution >= 4 is 39.3 Å². The molecule has 142 valence electrons. The Balaban J connectivity index is 1.89. The summed E-state index contributed by atoms with van der Waals surface area (Å²) < 4.78 is 0.927. The number of hydrogen-bond acceptors (Lipinski definition) is 3. The minimum absolute atomic E-state index is 0.0498. The average molecular weight is 432 g/mol. The second-order valence-corrected chi connectivity index (χ2v) is 7.07. The Labute approximate surface area is 166 Å². The first-order chi connectivity index (χ1) is 12.8. The summed E-state index contributed by atoms with van der Waals surface area (Å²) in [7, 11) is 0. The molecule has 2 aromatic rings. The van der Waals surface area contributed by atoms with Crippen molar-refractivity contribution in [2.75, 3.05) is 11.9 Å². The largest absolute Gasteiger partial charge is 0.349 e. The number of benzene rings is 2. The van der Waals surface area contributed by atoms with E-state index in [1.165, 1.54) is 6.92 Å². The van der Waals surface area contributed by atoms with E-state index in [0.29, 0.717) is 5.69 Å². The molecule has 0 radical (unpaired) electrons. The molecule has 0 aliphatic rings. The summed E-state index contributed by atoms with van der Waals surface area (Å²) in [6.07, 6.45) is 0.0498. The second-order valence-electron chi connectivity index (χ2n) is 6.15. The van der Waals surface area contributed by atoms with E-state index in [9.17, 15) is 14.4 Å². The van der Waals surface area contributed by atoms with Gasteiger partial charge in [-0.1, -0.05) is 46.3 Å². The van der Waals surface area contributed by atoms with Crippen molar-refractivity contribution in [2.24, 2.45) is 0 Å². The molecule has 0 saturated heterocycles. The standard InChI is InChI=1S/C20H22BrN3O3/c1-13-10-16(21)8-9-17(13)24-20(27)12-22-19(26)11-18(23-14(2)25)15-6-4-3-5-7-15/h3-10,18H,11-12H2,1-2H3,(H,22,26)(H,23,25)(H,24,27). The number of halogens is 1. The Bertz CT molecular complexity index is 824. The van der Waals surface area contributed by atoms with Gasteiger partial charge < -0.3 is 16.0 Å². The Morgan fingerprint density at radius 3 is 2.37 bits per heavy atom. The van der Waals surface area contributed by atoms with E-state index < -0.39 is 6.04 Å². The van der Waals surface area contributed by atoms with Gasteiger partial charge >= 0.3 is 0 Å². The molecule has 0 heterocycles. The van der Waals surface area contributed by atoms with Gasteiger partial charge in [0, 0.05) is 17.1 Å². The monoisotopic (exact) mass is 431 g/mol. The van der Waals surface area contributed by atoms with Gasteiger partial charge in [0.25, 0.3) is 0 Å². The van der Waals surface area contributed by atoms with Gasteiger partial charge in [-0.3, -0.25) is 14.4 Å². The van der Waals surface area contributed by atoms with E-state index in [4.69, 9.17) is 0 Å². The third-order valence-corrected chi connectivity index (χ3v) is 4.37. The molecule has 0 aliphatic carbocycles. The van der Waals surface area contributed by atoms with E-state index in [0.717, 1.165) is 15.6 Å². The summed E-state index contributed by atoms with van der Waals surface area (Å²) in [6.45, 7) is 3.15. The molecule has 0 aromatic heterocycles. The van der Waals surface area contributed by atoms with E-state index in [1.54, 1.807) is 6.07 Å². The molecule has 6 nitrogen and oxygen atoms in total. The van der Waals surface area contributed by atoms with Crippen LogP contribution in [0.4, 0.5) is 5.69 Å². The highest BCUT2D eigenvalue weighted by Crippen LogP contribution is 2.20. The highest BCUT2D eigenvalue weighted by atomic mass is 79.9. The highest BCUT2D eigenvalue weighted by Gasteiger charge is 2.17. The van der Waals surface area contributed by atoms with Gasteiger partial charge in [0.2, 0.25) is 17.7 Å². The number of amides is 3. The minimum Gasteiger partial charge on any atom is -0.349 e. The highest BCUT2D eigenvalue weighted by molar-refractivity contribution is 9.10. The van der Waals surface area contributed by atoms with E-state index >= 15 is 0 Å². The topological polar surface area (TPSA) is 87.3 Å². The van der Waals surface area contributed by atoms with Crippen molar-refractivity contribution in [1.29, 1.82) is 0 Å². The number of hydrogen-bond donors (Lipinski definition) is 3. The fraction of sp³-hybridized carbons (Fsp3) is 0.250. The Morgan fingerprint density at radius 2 is 1.74 bits per heavy atom. The molecule has 1 atom stereocenters. The van der Waals surface area contributed by atoms with Crippen molar-refractivity contribution in [3.8, 4) is 0 Å². The van der Waals surface area contributed by atoms with Crippen LogP contribution < -0.4 is 16.0 Å². The number of aryl methyl sites for hydroxylation is 1. The third-order valence-electron chi connectivity index (χ3n) is 3.88. The summed E-state index contributed by atoms with van der Waals surface area (Å²) >= 11 is 3.37. The molecule has 2 aromatic carbocycles. The summed E-state index contributed by atoms with van der Waals surface area (Å²) in [6, 6.07) is 14.3. The van der Waals surface area contributed by atoms with Crippen LogP contribution in [0.5, 0.6) is 0 Å². The molecule has 27 heavy (non-hydrogen) atoms. The lowest BCUT2D eigenvalue weighted by Crippen LogP contribution is -2.36. The molecule has 0 bridgehead atoms. The van der Waals surface area contributed by atoms with Crippen molar-refractivity contribution < 1.29 is 14.4 Å². The van der Waals surface area contributed by atoms with Crippen LogP contribution in [0.3, 0.4) is 0 Å². The Morgan fingerprint density at radius 1 is 1.04 bits per heavy atom. The summed E-state index contributed by atoms with van der Waals surface area (Å²) in [5.74, 6) is -0.857. The number of carbonyl (C=O) groups is 3. The first-order valence-corrected chi connectivity index (χ1v) is 9.29. The van der Waals surface area contributed by atoms with Crippen LogP contribution in [-0.4, -0.2) is 24.3 Å². The molecule has 0 aliphatic heterocycles. The first kappa shape index (κ1) is 20.6. The van der Waals surface area contributed by atoms with Crippen LogP contribution >= 0.6 is 15.9 Å². The molecule has 0 spiro atoms. The third kappa shape index (κ3) is 6.86. The van der Waals surface area contributed by atoms with Crippen LogP contribution in [-0.2, 0) is 14.4 Å². The molecule has 2 rings (SSSR count). The molecule has 7 heteroatoms. The normalized spacial score (nSPS) is 11.4. The van der Waals surface area contributed by atoms with Crippen LogP contribution in [0.25, 0.3) is 0 Å². The lowest BCUT2D eigenvalue weighted by atomic mass is 10.0. The molecule has 1 unspecified atom stereocenters. The smallest absolute Gasteiger partial charge is 0.243 e. The minimum atomic E-state index is -0.444. The maximum atomic E-state index is 12.2. The van der Waals surface area contributed by atoms with Gasteiger partial charge in [-0.2, -0.15) is 0 Å². The fourth-order valence-electron chi connectivity index (χ4n) is 2.58. The van der Waals surface area contributed by atoms with E-state index in [2.05, 4.69) is 31.9 Å². The summed E-state index contributed by atoms with van der Waals surface area (Å²) in [5, 5.41) is 8.12. The van der Waals surface area contributed by atoms with Crippen LogP contribution in [0.1, 0.15) is 30.5 Å². The predicted octanol–water partition coefficient (Wildman–Crippen LogP) is 3.08. The van der Waals surface area contributed by atoms with Crippen LogP contribution in [0.15, 0.2) is 53.0 Å².